The summed E-state index contributed by atoms with van der Waals surface area (Å²) in [6.45, 7) is 3.57. The molecule has 0 aliphatic carbocycles. The molecule has 1 N–H and O–H groups in total. The minimum atomic E-state index is -3.79. The Morgan fingerprint density at radius 1 is 1.63 bits per heavy atom. The van der Waals surface area contributed by atoms with E-state index in [9.17, 15) is 18.3 Å². The molecule has 2 heterocycles. The van der Waals surface area contributed by atoms with E-state index < -0.39 is 22.0 Å². The number of rotatable bonds is 4. The fourth-order valence-corrected chi connectivity index (χ4v) is 6.66. The number of nitrogens with zero attached hydrogens (tertiary/aromatic N) is 2. The summed E-state index contributed by atoms with van der Waals surface area (Å²) < 4.78 is 26.3. The summed E-state index contributed by atoms with van der Waals surface area (Å²) in [6, 6.07) is -0.998. The van der Waals surface area contributed by atoms with Crippen LogP contribution in [0.3, 0.4) is 0 Å². The number of thiazole rings is 1. The predicted octanol–water partition coefficient (Wildman–Crippen LogP) is 1.38. The lowest BCUT2D eigenvalue weighted by Crippen LogP contribution is -2.45. The minimum absolute atomic E-state index is 0.109. The molecule has 2 rings (SSSR count). The number of aromatic nitrogens is 1. The summed E-state index contributed by atoms with van der Waals surface area (Å²) in [4.78, 5) is 15.2. The van der Waals surface area contributed by atoms with Crippen molar-refractivity contribution in [2.45, 2.75) is 35.9 Å². The van der Waals surface area contributed by atoms with Crippen LogP contribution in [0.5, 0.6) is 0 Å². The van der Waals surface area contributed by atoms with Crippen molar-refractivity contribution in [3.63, 3.8) is 0 Å². The fraction of sp³-hybridized carbons (Fsp3) is 0.600. The van der Waals surface area contributed by atoms with E-state index in [0.29, 0.717) is 11.4 Å². The van der Waals surface area contributed by atoms with Crippen LogP contribution < -0.4 is 0 Å². The van der Waals surface area contributed by atoms with Crippen molar-refractivity contribution in [3.05, 3.63) is 11.2 Å². The lowest BCUT2D eigenvalue weighted by atomic mass is 10.3. The van der Waals surface area contributed by atoms with Crippen LogP contribution in [0.2, 0.25) is 0 Å². The summed E-state index contributed by atoms with van der Waals surface area (Å²) in [5.74, 6) is -0.821. The Morgan fingerprint density at radius 2 is 2.32 bits per heavy atom. The van der Waals surface area contributed by atoms with Crippen LogP contribution in [0.25, 0.3) is 0 Å². The van der Waals surface area contributed by atoms with Gasteiger partial charge in [0.25, 0.3) is 10.0 Å². The Bertz CT molecular complexity index is 583. The van der Waals surface area contributed by atoms with E-state index in [0.717, 1.165) is 15.6 Å². The van der Waals surface area contributed by atoms with Crippen LogP contribution >= 0.6 is 23.1 Å². The number of sulfonamides is 1. The first-order valence-electron chi connectivity index (χ1n) is 5.68. The van der Waals surface area contributed by atoms with Crippen LogP contribution in [-0.2, 0) is 14.8 Å². The standard InChI is InChI=1S/C10H14N2O4S3/c1-3-8-12(7(5-17-8)10(13)14)19(15,16)9-4-11-6(2)18-9/h4,7-8H,3,5H2,1-2H3,(H,13,14). The average Bonchev–Trinajstić information content (AvgIpc) is 2.94. The molecular weight excluding hydrogens is 308 g/mol. The van der Waals surface area contributed by atoms with Crippen LogP contribution in [0.15, 0.2) is 10.4 Å². The molecule has 0 bridgehead atoms. The van der Waals surface area contributed by atoms with Gasteiger partial charge < -0.3 is 5.11 Å². The van der Waals surface area contributed by atoms with Crippen molar-refractivity contribution >= 4 is 39.1 Å². The molecule has 2 unspecified atom stereocenters. The number of aliphatic carboxylic acids is 1. The number of hydrogen-bond donors (Lipinski definition) is 1. The summed E-state index contributed by atoms with van der Waals surface area (Å²) in [5, 5.41) is 9.50. The molecule has 1 saturated heterocycles. The van der Waals surface area contributed by atoms with Gasteiger partial charge in [-0.25, -0.2) is 13.4 Å². The molecule has 0 spiro atoms. The highest BCUT2D eigenvalue weighted by molar-refractivity contribution is 8.01. The van der Waals surface area contributed by atoms with Crippen LogP contribution in [0.4, 0.5) is 0 Å². The van der Waals surface area contributed by atoms with Gasteiger partial charge in [0.1, 0.15) is 6.04 Å². The van der Waals surface area contributed by atoms with Crippen LogP contribution in [0, 0.1) is 6.92 Å². The molecule has 1 aliphatic rings. The molecule has 0 radical (unpaired) electrons. The molecule has 1 aromatic heterocycles. The number of carbonyl (C=O) groups is 1. The third kappa shape index (κ3) is 2.64. The Balaban J connectivity index is 2.43. The zero-order valence-electron chi connectivity index (χ0n) is 10.4. The molecule has 106 valence electrons. The normalized spacial score (nSPS) is 24.7. The second-order valence-electron chi connectivity index (χ2n) is 4.08. The monoisotopic (exact) mass is 322 g/mol. The molecule has 2 atom stereocenters. The average molecular weight is 322 g/mol. The highest BCUT2D eigenvalue weighted by Gasteiger charge is 2.46. The van der Waals surface area contributed by atoms with Crippen molar-refractivity contribution < 1.29 is 18.3 Å². The first-order chi connectivity index (χ1) is 8.87. The maximum atomic E-state index is 12.6. The maximum absolute atomic E-state index is 12.6. The Labute approximate surface area is 119 Å². The van der Waals surface area contributed by atoms with E-state index in [4.69, 9.17) is 0 Å². The highest BCUT2D eigenvalue weighted by atomic mass is 32.2. The molecule has 1 aromatic rings. The highest BCUT2D eigenvalue weighted by Crippen LogP contribution is 2.37. The van der Waals surface area contributed by atoms with E-state index in [-0.39, 0.29) is 15.3 Å². The van der Waals surface area contributed by atoms with Gasteiger partial charge in [-0.2, -0.15) is 4.31 Å². The predicted molar refractivity (Wildman–Crippen MR) is 73.8 cm³/mol. The van der Waals surface area contributed by atoms with Gasteiger partial charge in [-0.1, -0.05) is 6.92 Å². The molecule has 6 nitrogen and oxygen atoms in total. The fourth-order valence-electron chi connectivity index (χ4n) is 1.92. The zero-order valence-corrected chi connectivity index (χ0v) is 12.9. The van der Waals surface area contributed by atoms with Gasteiger partial charge >= 0.3 is 5.97 Å². The Morgan fingerprint density at radius 3 is 2.79 bits per heavy atom. The lowest BCUT2D eigenvalue weighted by molar-refractivity contribution is -0.140. The van der Waals surface area contributed by atoms with E-state index in [1.165, 1.54) is 18.0 Å². The van der Waals surface area contributed by atoms with Crippen LogP contribution in [-0.4, -0.2) is 46.0 Å². The van der Waals surface area contributed by atoms with Crippen molar-refractivity contribution in [2.75, 3.05) is 5.75 Å². The van der Waals surface area contributed by atoms with Crippen LogP contribution in [0.1, 0.15) is 18.4 Å². The van der Waals surface area contributed by atoms with Gasteiger partial charge in [-0.15, -0.1) is 23.1 Å². The second kappa shape index (κ2) is 5.39. The van der Waals surface area contributed by atoms with Gasteiger partial charge in [0.05, 0.1) is 16.6 Å². The summed E-state index contributed by atoms with van der Waals surface area (Å²) in [5.41, 5.74) is 0. The number of aryl methyl sites for hydroxylation is 1. The molecule has 0 amide bonds. The lowest BCUT2D eigenvalue weighted by Gasteiger charge is -2.24. The third-order valence-electron chi connectivity index (χ3n) is 2.80. The van der Waals surface area contributed by atoms with Gasteiger partial charge in [0.15, 0.2) is 4.21 Å². The van der Waals surface area contributed by atoms with Crippen molar-refractivity contribution in [2.24, 2.45) is 0 Å². The van der Waals surface area contributed by atoms with Gasteiger partial charge in [-0.05, 0) is 13.3 Å². The SMILES string of the molecule is CCC1SCC(C(=O)O)N1S(=O)(=O)c1cnc(C)s1. The molecule has 1 fully saturated rings. The molecule has 9 heteroatoms. The second-order valence-corrected chi connectivity index (χ2v) is 8.60. The molecule has 19 heavy (non-hydrogen) atoms. The van der Waals surface area contributed by atoms with Gasteiger partial charge in [0.2, 0.25) is 0 Å². The number of hydrogen-bond acceptors (Lipinski definition) is 6. The number of thioether (sulfide) groups is 1. The van der Waals surface area contributed by atoms with E-state index in [2.05, 4.69) is 4.98 Å². The van der Waals surface area contributed by atoms with Gasteiger partial charge in [0, 0.05) is 5.75 Å². The summed E-state index contributed by atoms with van der Waals surface area (Å²) in [6.07, 6.45) is 1.87. The van der Waals surface area contributed by atoms with E-state index in [1.54, 1.807) is 6.92 Å². The topological polar surface area (TPSA) is 87.6 Å². The van der Waals surface area contributed by atoms with E-state index in [1.807, 2.05) is 6.92 Å². The maximum Gasteiger partial charge on any atom is 0.322 e. The van der Waals surface area contributed by atoms with Gasteiger partial charge in [-0.3, -0.25) is 4.79 Å². The zero-order chi connectivity index (χ0) is 14.2. The Hall–Kier alpha value is -0.640. The molecular formula is C10H14N2O4S3. The smallest absolute Gasteiger partial charge is 0.322 e. The quantitative estimate of drug-likeness (QED) is 0.901. The molecule has 0 aromatic carbocycles. The minimum Gasteiger partial charge on any atom is -0.480 e. The first kappa shape index (κ1) is 14.8. The Kier molecular flexibility index (Phi) is 4.19. The third-order valence-corrected chi connectivity index (χ3v) is 7.66. The van der Waals surface area contributed by atoms with Crippen molar-refractivity contribution in [1.82, 2.24) is 9.29 Å². The first-order valence-corrected chi connectivity index (χ1v) is 8.98. The number of carboxylic acid groups (broad SMARTS) is 1. The molecule has 1 aliphatic heterocycles. The summed E-state index contributed by atoms with van der Waals surface area (Å²) >= 11 is 2.43. The largest absolute Gasteiger partial charge is 0.480 e. The van der Waals surface area contributed by atoms with Crippen molar-refractivity contribution in [1.29, 1.82) is 0 Å². The van der Waals surface area contributed by atoms with Crippen molar-refractivity contribution in [3.8, 4) is 0 Å². The molecule has 0 saturated carbocycles. The number of carboxylic acids is 1. The van der Waals surface area contributed by atoms with E-state index >= 15 is 0 Å². The summed E-state index contributed by atoms with van der Waals surface area (Å²) in [7, 11) is -3.79.